The van der Waals surface area contributed by atoms with Gasteiger partial charge in [-0.25, -0.2) is 19.8 Å². The molecule has 10 heteroatoms. The number of guanidine groups is 1. The molecule has 0 aromatic heterocycles. The summed E-state index contributed by atoms with van der Waals surface area (Å²) in [5.74, 6) is 0.275. The SMILES string of the molecule is O=C(OCc1ccccc1Cl)N1CCN(CC2CCOC2)C1=N[N+](=O)[O-]. The van der Waals surface area contributed by atoms with Crippen LogP contribution in [0.2, 0.25) is 5.02 Å². The van der Waals surface area contributed by atoms with Crippen molar-refractivity contribution in [3.63, 3.8) is 0 Å². The van der Waals surface area contributed by atoms with Crippen molar-refractivity contribution in [3.05, 3.63) is 45.0 Å². The third-order valence-corrected chi connectivity index (χ3v) is 4.69. The molecule has 2 heterocycles. The molecule has 9 nitrogen and oxygen atoms in total. The van der Waals surface area contributed by atoms with Crippen LogP contribution in [0.1, 0.15) is 12.0 Å². The zero-order valence-corrected chi connectivity index (χ0v) is 14.8. The molecule has 0 N–H and O–H groups in total. The lowest BCUT2D eigenvalue weighted by molar-refractivity contribution is -0.486. The van der Waals surface area contributed by atoms with E-state index in [0.29, 0.717) is 36.9 Å². The van der Waals surface area contributed by atoms with Crippen molar-refractivity contribution in [3.8, 4) is 0 Å². The molecule has 1 aromatic carbocycles. The van der Waals surface area contributed by atoms with E-state index < -0.39 is 11.1 Å². The van der Waals surface area contributed by atoms with E-state index in [0.717, 1.165) is 6.42 Å². The first kappa shape index (κ1) is 18.4. The van der Waals surface area contributed by atoms with E-state index in [1.165, 1.54) is 4.90 Å². The Balaban J connectivity index is 1.66. The Morgan fingerprint density at radius 1 is 1.42 bits per heavy atom. The number of halogens is 1. The van der Waals surface area contributed by atoms with Crippen LogP contribution in [0.4, 0.5) is 4.79 Å². The monoisotopic (exact) mass is 382 g/mol. The fourth-order valence-corrected chi connectivity index (χ4v) is 3.19. The lowest BCUT2D eigenvalue weighted by Crippen LogP contribution is -2.40. The molecule has 1 aromatic rings. The second kappa shape index (κ2) is 8.33. The number of carbonyl (C=O) groups excluding carboxylic acids is 1. The second-order valence-electron chi connectivity index (χ2n) is 6.11. The molecule has 2 fully saturated rings. The van der Waals surface area contributed by atoms with Crippen molar-refractivity contribution in [2.24, 2.45) is 11.0 Å². The largest absolute Gasteiger partial charge is 0.444 e. The molecule has 2 aliphatic heterocycles. The fourth-order valence-electron chi connectivity index (χ4n) is 3.00. The summed E-state index contributed by atoms with van der Waals surface area (Å²) in [5, 5.41) is 14.0. The maximum absolute atomic E-state index is 12.4. The summed E-state index contributed by atoms with van der Waals surface area (Å²) in [4.78, 5) is 26.2. The zero-order valence-electron chi connectivity index (χ0n) is 14.0. The Hall–Kier alpha value is -2.39. The first-order chi connectivity index (χ1) is 12.5. The maximum Gasteiger partial charge on any atom is 0.417 e. The van der Waals surface area contributed by atoms with Crippen LogP contribution < -0.4 is 0 Å². The molecular formula is C16H19ClN4O5. The van der Waals surface area contributed by atoms with Crippen LogP contribution in [0.25, 0.3) is 0 Å². The van der Waals surface area contributed by atoms with Gasteiger partial charge in [-0.3, -0.25) is 0 Å². The molecule has 3 rings (SSSR count). The second-order valence-corrected chi connectivity index (χ2v) is 6.52. The predicted octanol–water partition coefficient (Wildman–Crippen LogP) is 2.18. The molecule has 1 unspecified atom stereocenters. The van der Waals surface area contributed by atoms with Crippen LogP contribution in [-0.2, 0) is 16.1 Å². The number of hydrazone groups is 1. The van der Waals surface area contributed by atoms with Crippen molar-refractivity contribution >= 4 is 23.7 Å². The van der Waals surface area contributed by atoms with Crippen LogP contribution in [0, 0.1) is 16.0 Å². The minimum Gasteiger partial charge on any atom is -0.444 e. The van der Waals surface area contributed by atoms with Crippen LogP contribution in [-0.4, -0.2) is 59.7 Å². The predicted molar refractivity (Wildman–Crippen MR) is 93.3 cm³/mol. The zero-order chi connectivity index (χ0) is 18.5. The summed E-state index contributed by atoms with van der Waals surface area (Å²) in [7, 11) is 0. The molecule has 1 atom stereocenters. The smallest absolute Gasteiger partial charge is 0.417 e. The Morgan fingerprint density at radius 3 is 2.92 bits per heavy atom. The average molecular weight is 383 g/mol. The number of hydrogen-bond donors (Lipinski definition) is 0. The number of benzene rings is 1. The van der Waals surface area contributed by atoms with E-state index in [9.17, 15) is 14.9 Å². The molecule has 0 radical (unpaired) electrons. The van der Waals surface area contributed by atoms with Crippen LogP contribution in [0.5, 0.6) is 0 Å². The number of ether oxygens (including phenoxy) is 2. The van der Waals surface area contributed by atoms with Gasteiger partial charge in [0.05, 0.1) is 13.2 Å². The number of carbonyl (C=O) groups is 1. The molecule has 0 bridgehead atoms. The van der Waals surface area contributed by atoms with Crippen molar-refractivity contribution in [2.45, 2.75) is 13.0 Å². The van der Waals surface area contributed by atoms with Crippen molar-refractivity contribution in [2.75, 3.05) is 32.8 Å². The molecule has 0 saturated carbocycles. The summed E-state index contributed by atoms with van der Waals surface area (Å²) in [6, 6.07) is 7.01. The van der Waals surface area contributed by atoms with E-state index in [-0.39, 0.29) is 25.0 Å². The third-order valence-electron chi connectivity index (χ3n) is 4.32. The highest BCUT2D eigenvalue weighted by Gasteiger charge is 2.36. The van der Waals surface area contributed by atoms with E-state index >= 15 is 0 Å². The Kier molecular flexibility index (Phi) is 5.89. The van der Waals surface area contributed by atoms with Gasteiger partial charge in [0.2, 0.25) is 0 Å². The minimum atomic E-state index is -0.798. The van der Waals surface area contributed by atoms with E-state index in [2.05, 4.69) is 5.10 Å². The summed E-state index contributed by atoms with van der Waals surface area (Å²) in [6.45, 7) is 2.58. The van der Waals surface area contributed by atoms with Gasteiger partial charge >= 0.3 is 6.09 Å². The van der Waals surface area contributed by atoms with Gasteiger partial charge in [-0.15, -0.1) is 0 Å². The Labute approximate surface area is 155 Å². The van der Waals surface area contributed by atoms with Crippen molar-refractivity contribution < 1.29 is 19.3 Å². The van der Waals surface area contributed by atoms with Crippen LogP contribution >= 0.6 is 11.6 Å². The van der Waals surface area contributed by atoms with Gasteiger partial charge in [0.1, 0.15) is 11.7 Å². The minimum absolute atomic E-state index is 0.00561. The lowest BCUT2D eigenvalue weighted by Gasteiger charge is -2.21. The molecule has 26 heavy (non-hydrogen) atoms. The first-order valence-electron chi connectivity index (χ1n) is 8.28. The molecule has 2 saturated heterocycles. The van der Waals surface area contributed by atoms with E-state index in [1.807, 2.05) is 0 Å². The molecule has 0 spiro atoms. The number of nitrogens with zero attached hydrogens (tertiary/aromatic N) is 4. The highest BCUT2D eigenvalue weighted by Crippen LogP contribution is 2.20. The van der Waals surface area contributed by atoms with E-state index in [4.69, 9.17) is 21.1 Å². The normalized spacial score (nSPS) is 21.4. The Bertz CT molecular complexity index is 708. The van der Waals surface area contributed by atoms with Gasteiger partial charge in [-0.1, -0.05) is 29.8 Å². The number of nitro groups is 1. The van der Waals surface area contributed by atoms with Gasteiger partial charge in [0.15, 0.2) is 5.03 Å². The van der Waals surface area contributed by atoms with Gasteiger partial charge in [0.25, 0.3) is 5.96 Å². The summed E-state index contributed by atoms with van der Waals surface area (Å²) < 4.78 is 10.6. The summed E-state index contributed by atoms with van der Waals surface area (Å²) in [6.07, 6.45) is 0.204. The number of rotatable bonds is 5. The van der Waals surface area contributed by atoms with Gasteiger partial charge < -0.3 is 14.4 Å². The highest BCUT2D eigenvalue weighted by atomic mass is 35.5. The molecule has 1 amide bonds. The number of hydrogen-bond acceptors (Lipinski definition) is 5. The topological polar surface area (TPSA) is 97.5 Å². The van der Waals surface area contributed by atoms with Gasteiger partial charge in [-0.2, -0.15) is 0 Å². The molecule has 0 aliphatic carbocycles. The molecule has 2 aliphatic rings. The van der Waals surface area contributed by atoms with Gasteiger partial charge in [-0.05, 0) is 12.5 Å². The molecule has 140 valence electrons. The van der Waals surface area contributed by atoms with Crippen LogP contribution in [0.15, 0.2) is 29.4 Å². The van der Waals surface area contributed by atoms with E-state index in [1.54, 1.807) is 29.2 Å². The van der Waals surface area contributed by atoms with Crippen LogP contribution in [0.3, 0.4) is 0 Å². The summed E-state index contributed by atoms with van der Waals surface area (Å²) in [5.41, 5.74) is 0.662. The standard InChI is InChI=1S/C16H19ClN4O5/c17-14-4-2-1-3-13(14)11-26-16(22)20-7-6-19(15(20)18-21(23)24)9-12-5-8-25-10-12/h1-4,12H,5-11H2. The fraction of sp³-hybridized carbons (Fsp3) is 0.500. The van der Waals surface area contributed by atoms with Crippen molar-refractivity contribution in [1.29, 1.82) is 0 Å². The lowest BCUT2D eigenvalue weighted by atomic mass is 10.1. The average Bonchev–Trinajstić information content (AvgIpc) is 3.25. The highest BCUT2D eigenvalue weighted by molar-refractivity contribution is 6.31. The number of amides is 1. The Morgan fingerprint density at radius 2 is 2.23 bits per heavy atom. The maximum atomic E-state index is 12.4. The van der Waals surface area contributed by atoms with Crippen molar-refractivity contribution in [1.82, 2.24) is 9.80 Å². The third kappa shape index (κ3) is 4.41. The van der Waals surface area contributed by atoms with Gasteiger partial charge in [0, 0.05) is 36.2 Å². The summed E-state index contributed by atoms with van der Waals surface area (Å²) >= 11 is 6.05. The quantitative estimate of drug-likeness (QED) is 0.572. The first-order valence-corrected chi connectivity index (χ1v) is 8.66. The molecular weight excluding hydrogens is 364 g/mol.